The molecule has 0 bridgehead atoms. The van der Waals surface area contributed by atoms with Gasteiger partial charge in [0.25, 0.3) is 0 Å². The molecule has 2 rings (SSSR count). The molecule has 11 heteroatoms. The van der Waals surface area contributed by atoms with Crippen LogP contribution in [0.5, 0.6) is 0 Å². The lowest BCUT2D eigenvalue weighted by molar-refractivity contribution is -0.132. The van der Waals surface area contributed by atoms with Gasteiger partial charge in [-0.25, -0.2) is 4.57 Å². The summed E-state index contributed by atoms with van der Waals surface area (Å²) in [5.74, 6) is -1.12. The number of rotatable bonds is 14. The molecule has 2 aliphatic carbocycles. The van der Waals surface area contributed by atoms with Gasteiger partial charge in [0.2, 0.25) is 5.91 Å². The molecule has 0 heterocycles. The second-order valence-corrected chi connectivity index (χ2v) is 9.49. The first-order chi connectivity index (χ1) is 14.7. The number of carbonyl (C=O) groups is 2. The summed E-state index contributed by atoms with van der Waals surface area (Å²) in [6, 6.07) is 0. The molecule has 4 N–H and O–H groups in total. The molecule has 0 spiro atoms. The number of ether oxygens (including phenoxy) is 1. The monoisotopic (exact) mass is 463 g/mol. The highest BCUT2D eigenvalue weighted by Crippen LogP contribution is 2.43. The number of ketones is 1. The summed E-state index contributed by atoms with van der Waals surface area (Å²) in [6.07, 6.45) is 6.56. The molecule has 0 aliphatic heterocycles. The molecule has 0 aromatic carbocycles. The summed E-state index contributed by atoms with van der Waals surface area (Å²) in [6.45, 7) is 0.148. The minimum atomic E-state index is -4.51. The lowest BCUT2D eigenvalue weighted by Gasteiger charge is -2.19. The molecule has 0 aromatic rings. The minimum Gasteiger partial charge on any atom is -0.396 e. The number of hydrogen-bond donors (Lipinski definition) is 4. The van der Waals surface area contributed by atoms with Crippen LogP contribution in [0.2, 0.25) is 0 Å². The van der Waals surface area contributed by atoms with Crippen LogP contribution in [0, 0.1) is 11.8 Å². The minimum absolute atomic E-state index is 0.00802. The van der Waals surface area contributed by atoms with E-state index in [-0.39, 0.29) is 44.8 Å². The van der Waals surface area contributed by atoms with Crippen LogP contribution in [0.25, 0.3) is 0 Å². The molecule has 2 aliphatic rings. The third-order valence-corrected chi connectivity index (χ3v) is 6.45. The zero-order chi connectivity index (χ0) is 22.9. The molecule has 10 nitrogen and oxygen atoms in total. The maximum absolute atomic E-state index is 11.9. The second-order valence-electron chi connectivity index (χ2n) is 8.04. The molecule has 31 heavy (non-hydrogen) atoms. The van der Waals surface area contributed by atoms with Crippen molar-refractivity contribution in [2.24, 2.45) is 11.8 Å². The molecule has 0 radical (unpaired) electrons. The van der Waals surface area contributed by atoms with E-state index in [0.29, 0.717) is 5.92 Å². The Kier molecular flexibility index (Phi) is 10.8. The first-order valence-electron chi connectivity index (χ1n) is 10.8. The van der Waals surface area contributed by atoms with Crippen molar-refractivity contribution in [3.8, 4) is 0 Å². The van der Waals surface area contributed by atoms with E-state index in [0.717, 1.165) is 19.3 Å². The van der Waals surface area contributed by atoms with Gasteiger partial charge in [0.15, 0.2) is 5.78 Å². The first kappa shape index (κ1) is 26.1. The highest BCUT2D eigenvalue weighted by atomic mass is 31.2. The number of nitrogens with one attached hydrogen (secondary N) is 1. The van der Waals surface area contributed by atoms with E-state index in [1.54, 1.807) is 6.92 Å². The maximum atomic E-state index is 11.9. The standard InChI is InChI=1S/C20H34NO9P/c1-14(7-9-22)20(25)17(23)12-30-31(26,27)29-10-8-21-19(24)13-28-18-6-4-2-3-5-15-11-16(15)18/h11,14-15,18,20,22,25H,2-10,12-13H2,1H3,(H,21,24)(H,26,27)/t14-,15?,18?,20?/m0/s1. The number of phosphoric ester groups is 1. The van der Waals surface area contributed by atoms with Gasteiger partial charge in [0.1, 0.15) is 19.3 Å². The zero-order valence-corrected chi connectivity index (χ0v) is 18.8. The smallest absolute Gasteiger partial charge is 0.396 e. The van der Waals surface area contributed by atoms with E-state index in [1.807, 2.05) is 0 Å². The topological polar surface area (TPSA) is 152 Å². The van der Waals surface area contributed by atoms with E-state index in [9.17, 15) is 24.2 Å². The van der Waals surface area contributed by atoms with Gasteiger partial charge in [-0.05, 0) is 30.8 Å². The summed E-state index contributed by atoms with van der Waals surface area (Å²) < 4.78 is 26.8. The summed E-state index contributed by atoms with van der Waals surface area (Å²) >= 11 is 0. The van der Waals surface area contributed by atoms with Crippen molar-refractivity contribution in [3.63, 3.8) is 0 Å². The number of hydrogen-bond acceptors (Lipinski definition) is 8. The van der Waals surface area contributed by atoms with Crippen LogP contribution in [-0.4, -0.2) is 72.0 Å². The largest absolute Gasteiger partial charge is 0.472 e. The van der Waals surface area contributed by atoms with Crippen molar-refractivity contribution in [3.05, 3.63) is 11.6 Å². The number of allylic oxidation sites excluding steroid dienone is 1. The van der Waals surface area contributed by atoms with Crippen LogP contribution in [0.4, 0.5) is 0 Å². The maximum Gasteiger partial charge on any atom is 0.472 e. The SMILES string of the molecule is C[C@@H](CCO)C(O)C(=O)COP(=O)(O)OCCNC(=O)COC1CCCCCC2C=C21. The van der Waals surface area contributed by atoms with Crippen LogP contribution in [0.15, 0.2) is 11.6 Å². The summed E-state index contributed by atoms with van der Waals surface area (Å²) in [5, 5.41) is 21.1. The quantitative estimate of drug-likeness (QED) is 0.168. The second kappa shape index (κ2) is 12.8. The fraction of sp³-hybridized carbons (Fsp3) is 0.800. The van der Waals surface area contributed by atoms with Crippen LogP contribution < -0.4 is 5.32 Å². The number of aliphatic hydroxyl groups excluding tert-OH is 2. The number of amides is 1. The van der Waals surface area contributed by atoms with E-state index < -0.39 is 32.2 Å². The average molecular weight is 463 g/mol. The molecule has 1 amide bonds. The Hall–Kier alpha value is -1.13. The van der Waals surface area contributed by atoms with Crippen LogP contribution in [0.3, 0.4) is 0 Å². The number of aliphatic hydroxyl groups is 2. The summed E-state index contributed by atoms with van der Waals surface area (Å²) in [4.78, 5) is 33.3. The van der Waals surface area contributed by atoms with Gasteiger partial charge < -0.3 is 25.2 Å². The van der Waals surface area contributed by atoms with Gasteiger partial charge in [0.05, 0.1) is 12.7 Å². The van der Waals surface area contributed by atoms with Gasteiger partial charge in [-0.3, -0.25) is 18.6 Å². The van der Waals surface area contributed by atoms with E-state index in [1.165, 1.54) is 18.4 Å². The third-order valence-electron chi connectivity index (χ3n) is 5.48. The fourth-order valence-electron chi connectivity index (χ4n) is 3.52. The van der Waals surface area contributed by atoms with Crippen molar-refractivity contribution < 1.29 is 43.0 Å². The normalized spacial score (nSPS) is 24.6. The van der Waals surface area contributed by atoms with Crippen LogP contribution >= 0.6 is 7.82 Å². The van der Waals surface area contributed by atoms with Gasteiger partial charge in [-0.15, -0.1) is 0 Å². The van der Waals surface area contributed by atoms with Crippen molar-refractivity contribution in [1.29, 1.82) is 0 Å². The number of carbonyl (C=O) groups excluding carboxylic acids is 2. The lowest BCUT2D eigenvalue weighted by atomic mass is 9.98. The average Bonchev–Trinajstić information content (AvgIpc) is 3.47. The molecule has 0 saturated heterocycles. The predicted octanol–water partition coefficient (Wildman–Crippen LogP) is 1.09. The molecule has 0 aromatic heterocycles. The molecule has 4 unspecified atom stereocenters. The van der Waals surface area contributed by atoms with Crippen LogP contribution in [-0.2, 0) is 27.9 Å². The van der Waals surface area contributed by atoms with Gasteiger partial charge >= 0.3 is 7.82 Å². The molecule has 5 atom stereocenters. The number of phosphoric acid groups is 1. The van der Waals surface area contributed by atoms with Gasteiger partial charge in [-0.2, -0.15) is 0 Å². The lowest BCUT2D eigenvalue weighted by Crippen LogP contribution is -2.32. The fourth-order valence-corrected chi connectivity index (χ4v) is 4.21. The number of fused-ring (bicyclic) bond motifs is 1. The van der Waals surface area contributed by atoms with E-state index in [2.05, 4.69) is 15.9 Å². The molecular formula is C20H34NO9P. The van der Waals surface area contributed by atoms with Crippen molar-refractivity contribution in [2.45, 2.75) is 57.7 Å². The third kappa shape index (κ3) is 9.49. The summed E-state index contributed by atoms with van der Waals surface area (Å²) in [7, 11) is -4.51. The van der Waals surface area contributed by atoms with Crippen LogP contribution in [0.1, 0.15) is 45.4 Å². The Morgan fingerprint density at radius 1 is 1.23 bits per heavy atom. The van der Waals surface area contributed by atoms with Crippen molar-refractivity contribution in [2.75, 3.05) is 33.0 Å². The molecule has 1 fully saturated rings. The zero-order valence-electron chi connectivity index (χ0n) is 17.9. The number of Topliss-reactive ketones (excluding diaryl/α,β-unsaturated/α-hetero) is 1. The molecule has 178 valence electrons. The Balaban J connectivity index is 1.58. The molecular weight excluding hydrogens is 429 g/mol. The predicted molar refractivity (Wildman–Crippen MR) is 111 cm³/mol. The highest BCUT2D eigenvalue weighted by molar-refractivity contribution is 7.47. The Morgan fingerprint density at radius 3 is 2.71 bits per heavy atom. The van der Waals surface area contributed by atoms with Crippen molar-refractivity contribution in [1.82, 2.24) is 5.32 Å². The van der Waals surface area contributed by atoms with Gasteiger partial charge in [-0.1, -0.05) is 32.3 Å². The highest BCUT2D eigenvalue weighted by Gasteiger charge is 2.33. The van der Waals surface area contributed by atoms with Gasteiger partial charge in [0, 0.05) is 19.1 Å². The van der Waals surface area contributed by atoms with E-state index in [4.69, 9.17) is 14.4 Å². The Labute approximate surface area is 182 Å². The summed E-state index contributed by atoms with van der Waals surface area (Å²) in [5.41, 5.74) is 1.29. The Bertz CT molecular complexity index is 684. The van der Waals surface area contributed by atoms with E-state index >= 15 is 0 Å². The Morgan fingerprint density at radius 2 is 1.97 bits per heavy atom. The first-order valence-corrected chi connectivity index (χ1v) is 12.3. The molecule has 1 saturated carbocycles. The van der Waals surface area contributed by atoms with Crippen molar-refractivity contribution >= 4 is 19.5 Å².